The number of fused-ring (bicyclic) bond motifs is 1. The maximum Gasteiger partial charge on any atom is 0.306 e. The van der Waals surface area contributed by atoms with Crippen LogP contribution in [0.3, 0.4) is 0 Å². The molecule has 3 aromatic heterocycles. The molecule has 1 aliphatic heterocycles. The monoisotopic (exact) mass is 506 g/mol. The highest BCUT2D eigenvalue weighted by Crippen LogP contribution is 2.31. The van der Waals surface area contributed by atoms with Crippen LogP contribution < -0.4 is 14.5 Å². The quantitative estimate of drug-likeness (QED) is 0.356. The molecule has 11 heteroatoms. The van der Waals surface area contributed by atoms with Gasteiger partial charge in [0, 0.05) is 59.3 Å². The van der Waals surface area contributed by atoms with E-state index < -0.39 is 0 Å². The van der Waals surface area contributed by atoms with Crippen molar-refractivity contribution < 1.29 is 23.1 Å². The fraction of sp³-hybridized carbons (Fsp3) is 0.308. The minimum absolute atomic E-state index is 0.187. The topological polar surface area (TPSA) is 101 Å². The molecule has 192 valence electrons. The van der Waals surface area contributed by atoms with Gasteiger partial charge in [0.05, 0.1) is 32.2 Å². The zero-order chi connectivity index (χ0) is 25.9. The molecule has 0 aliphatic carbocycles. The summed E-state index contributed by atoms with van der Waals surface area (Å²) in [4.78, 5) is 14.7. The van der Waals surface area contributed by atoms with Crippen molar-refractivity contribution in [2.75, 3.05) is 26.8 Å². The molecule has 1 amide bonds. The molecule has 0 saturated heterocycles. The average molecular weight is 507 g/mol. The normalized spacial score (nSPS) is 13.2. The number of aromatic amines is 1. The second kappa shape index (κ2) is 10.4. The number of amides is 1. The Balaban J connectivity index is 1.39. The Morgan fingerprint density at radius 2 is 2.19 bits per heavy atom. The molecule has 0 saturated carbocycles. The van der Waals surface area contributed by atoms with E-state index in [9.17, 15) is 9.18 Å². The highest BCUT2D eigenvalue weighted by atomic mass is 19.1. The van der Waals surface area contributed by atoms with E-state index in [1.165, 1.54) is 18.4 Å². The molecule has 4 aromatic rings. The number of carbonyl (C=O) groups is 1. The lowest BCUT2D eigenvalue weighted by molar-refractivity contribution is -0.521. The predicted molar refractivity (Wildman–Crippen MR) is 133 cm³/mol. The van der Waals surface area contributed by atoms with E-state index in [-0.39, 0.29) is 18.3 Å². The SMILES string of the molecule is CNCc1[nH]nc2ccc(-c3ccc(F)cc3OCCc3c(C(=O)N4C=COCC4)nn(C)c3C)c[n+]12. The van der Waals surface area contributed by atoms with Crippen LogP contribution >= 0.6 is 0 Å². The Kier molecular flexibility index (Phi) is 6.87. The number of nitrogens with zero attached hydrogens (tertiary/aromatic N) is 5. The Morgan fingerprint density at radius 1 is 1.32 bits per heavy atom. The molecule has 2 N–H and O–H groups in total. The zero-order valence-corrected chi connectivity index (χ0v) is 21.0. The van der Waals surface area contributed by atoms with Crippen LogP contribution in [0.25, 0.3) is 16.8 Å². The van der Waals surface area contributed by atoms with Crippen LogP contribution in [-0.2, 0) is 24.8 Å². The van der Waals surface area contributed by atoms with E-state index in [0.717, 1.165) is 33.9 Å². The van der Waals surface area contributed by atoms with Crippen molar-refractivity contribution >= 4 is 11.6 Å². The molecule has 0 radical (unpaired) electrons. The highest BCUT2D eigenvalue weighted by Gasteiger charge is 2.24. The number of nitrogens with one attached hydrogen (secondary N) is 2. The number of aryl methyl sites for hydroxylation is 1. The van der Waals surface area contributed by atoms with E-state index in [0.29, 0.717) is 37.6 Å². The molecule has 1 aromatic carbocycles. The summed E-state index contributed by atoms with van der Waals surface area (Å²) in [5.74, 6) is 0.735. The van der Waals surface area contributed by atoms with Crippen molar-refractivity contribution in [3.63, 3.8) is 0 Å². The van der Waals surface area contributed by atoms with Crippen LogP contribution in [-0.4, -0.2) is 57.6 Å². The molecule has 0 atom stereocenters. The summed E-state index contributed by atoms with van der Waals surface area (Å²) in [5, 5.41) is 14.9. The molecule has 37 heavy (non-hydrogen) atoms. The second-order valence-corrected chi connectivity index (χ2v) is 8.78. The lowest BCUT2D eigenvalue weighted by Gasteiger charge is -2.21. The summed E-state index contributed by atoms with van der Waals surface area (Å²) in [6.45, 7) is 3.68. The smallest absolute Gasteiger partial charge is 0.306 e. The van der Waals surface area contributed by atoms with Gasteiger partial charge in [0.2, 0.25) is 0 Å². The first-order valence-electron chi connectivity index (χ1n) is 12.0. The predicted octanol–water partition coefficient (Wildman–Crippen LogP) is 2.28. The van der Waals surface area contributed by atoms with Crippen molar-refractivity contribution in [2.45, 2.75) is 19.9 Å². The fourth-order valence-corrected chi connectivity index (χ4v) is 4.38. The maximum absolute atomic E-state index is 14.2. The van der Waals surface area contributed by atoms with Gasteiger partial charge in [-0.3, -0.25) is 9.48 Å². The molecule has 0 fully saturated rings. The average Bonchev–Trinajstić information content (AvgIpc) is 3.44. The number of aromatic nitrogens is 5. The van der Waals surface area contributed by atoms with Crippen LogP contribution in [0.5, 0.6) is 5.75 Å². The van der Waals surface area contributed by atoms with Gasteiger partial charge in [0.25, 0.3) is 11.7 Å². The third kappa shape index (κ3) is 4.90. The van der Waals surface area contributed by atoms with E-state index in [1.807, 2.05) is 43.7 Å². The Bertz CT molecular complexity index is 1480. The van der Waals surface area contributed by atoms with Gasteiger partial charge < -0.3 is 19.7 Å². The minimum atomic E-state index is -0.390. The standard InChI is InChI=1S/C26H28FN7O3/c1-17-20(25(31-32(17)3)26(35)33-9-12-36-13-10-33)8-11-37-22-14-19(27)5-6-21(22)18-4-7-23-29-30-24(15-28-2)34(23)16-18/h4-7,9,12,14,16,28H,8,10-11,13,15H2,1-3H3/p+1. The zero-order valence-electron chi connectivity index (χ0n) is 21.0. The van der Waals surface area contributed by atoms with Crippen LogP contribution in [0.2, 0.25) is 0 Å². The Morgan fingerprint density at radius 3 is 2.97 bits per heavy atom. The summed E-state index contributed by atoms with van der Waals surface area (Å²) in [6.07, 6.45) is 5.51. The molecule has 0 unspecified atom stereocenters. The van der Waals surface area contributed by atoms with Gasteiger partial charge in [-0.15, -0.1) is 5.10 Å². The molecule has 0 bridgehead atoms. The fourth-order valence-electron chi connectivity index (χ4n) is 4.38. The first-order valence-corrected chi connectivity index (χ1v) is 12.0. The van der Waals surface area contributed by atoms with E-state index in [1.54, 1.807) is 21.8 Å². The number of H-pyrrole nitrogens is 1. The van der Waals surface area contributed by atoms with E-state index >= 15 is 0 Å². The van der Waals surface area contributed by atoms with Crippen molar-refractivity contribution in [1.82, 2.24) is 30.2 Å². The van der Waals surface area contributed by atoms with Gasteiger partial charge in [0.15, 0.2) is 5.69 Å². The largest absolute Gasteiger partial charge is 0.498 e. The van der Waals surface area contributed by atoms with Gasteiger partial charge in [-0.25, -0.2) is 4.39 Å². The minimum Gasteiger partial charge on any atom is -0.498 e. The number of hydrogen-bond acceptors (Lipinski definition) is 6. The Hall–Kier alpha value is -4.25. The van der Waals surface area contributed by atoms with E-state index in [4.69, 9.17) is 9.47 Å². The number of ether oxygens (including phenoxy) is 2. The molecular formula is C26H29FN7O3+. The van der Waals surface area contributed by atoms with E-state index in [2.05, 4.69) is 20.6 Å². The number of pyridine rings is 1. The van der Waals surface area contributed by atoms with Gasteiger partial charge in [0.1, 0.15) is 18.2 Å². The molecule has 1 aliphatic rings. The summed E-state index contributed by atoms with van der Waals surface area (Å²) in [7, 11) is 3.67. The maximum atomic E-state index is 14.2. The molecule has 5 rings (SSSR count). The second-order valence-electron chi connectivity index (χ2n) is 8.78. The Labute approximate surface area is 213 Å². The summed E-state index contributed by atoms with van der Waals surface area (Å²) < 4.78 is 29.2. The van der Waals surface area contributed by atoms with Crippen LogP contribution in [0.15, 0.2) is 49.0 Å². The van der Waals surface area contributed by atoms with Crippen LogP contribution in [0.1, 0.15) is 27.6 Å². The van der Waals surface area contributed by atoms with Crippen molar-refractivity contribution in [1.29, 1.82) is 0 Å². The molecular weight excluding hydrogens is 477 g/mol. The first kappa shape index (κ1) is 24.4. The lowest BCUT2D eigenvalue weighted by Crippen LogP contribution is -2.32. The van der Waals surface area contributed by atoms with Gasteiger partial charge in [-0.1, -0.05) is 0 Å². The highest BCUT2D eigenvalue weighted by molar-refractivity contribution is 5.94. The third-order valence-electron chi connectivity index (χ3n) is 6.43. The van der Waals surface area contributed by atoms with Crippen LogP contribution in [0.4, 0.5) is 4.39 Å². The molecule has 10 nitrogen and oxygen atoms in total. The summed E-state index contributed by atoms with van der Waals surface area (Å²) in [5.41, 5.74) is 4.45. The third-order valence-corrected chi connectivity index (χ3v) is 6.43. The number of carbonyl (C=O) groups excluding carboxylic acids is 1. The van der Waals surface area contributed by atoms with Crippen molar-refractivity contribution in [3.8, 4) is 16.9 Å². The summed E-state index contributed by atoms with van der Waals surface area (Å²) >= 11 is 0. The first-order chi connectivity index (χ1) is 18.0. The van der Waals surface area contributed by atoms with Gasteiger partial charge >= 0.3 is 5.65 Å². The summed E-state index contributed by atoms with van der Waals surface area (Å²) in [6, 6.07) is 8.33. The number of halogens is 1. The number of benzene rings is 1. The van der Waals surface area contributed by atoms with Gasteiger partial charge in [-0.05, 0) is 32.2 Å². The van der Waals surface area contributed by atoms with Crippen molar-refractivity contribution in [3.05, 3.63) is 77.6 Å². The molecule has 0 spiro atoms. The van der Waals surface area contributed by atoms with Crippen molar-refractivity contribution in [2.24, 2.45) is 7.05 Å². The number of hydrogen-bond donors (Lipinski definition) is 2. The van der Waals surface area contributed by atoms with Crippen LogP contribution in [0, 0.1) is 12.7 Å². The van der Waals surface area contributed by atoms with Gasteiger partial charge in [-0.2, -0.15) is 9.50 Å². The lowest BCUT2D eigenvalue weighted by atomic mass is 10.1. The number of rotatable bonds is 8. The molecule has 4 heterocycles.